The van der Waals surface area contributed by atoms with Crippen molar-refractivity contribution >= 4 is 5.97 Å². The number of carbonyl (C=O) groups is 1. The lowest BCUT2D eigenvalue weighted by Gasteiger charge is -2.31. The second-order valence-corrected chi connectivity index (χ2v) is 8.94. The highest BCUT2D eigenvalue weighted by atomic mass is 16.5. The van der Waals surface area contributed by atoms with Crippen LogP contribution in [0.2, 0.25) is 0 Å². The molecule has 0 N–H and O–H groups in total. The Kier molecular flexibility index (Phi) is 6.53. The molecule has 2 aliphatic carbocycles. The third-order valence-corrected chi connectivity index (χ3v) is 6.90. The second kappa shape index (κ2) is 9.47. The largest absolute Gasteiger partial charge is 0.426 e. The predicted molar refractivity (Wildman–Crippen MR) is 118 cm³/mol. The zero-order valence-electron chi connectivity index (χ0n) is 18.0. The summed E-state index contributed by atoms with van der Waals surface area (Å²) in [5.74, 6) is 1.13. The first-order chi connectivity index (χ1) is 14.7. The molecule has 30 heavy (non-hydrogen) atoms. The Hall–Kier alpha value is -2.60. The molecule has 0 spiro atoms. The van der Waals surface area contributed by atoms with Crippen molar-refractivity contribution < 1.29 is 9.53 Å². The fraction of sp³-hybridized carbons (Fsp3) is 0.481. The van der Waals surface area contributed by atoms with Crippen LogP contribution in [0.5, 0.6) is 5.75 Å². The van der Waals surface area contributed by atoms with Crippen molar-refractivity contribution in [2.24, 2.45) is 11.8 Å². The zero-order valence-corrected chi connectivity index (χ0v) is 18.0. The molecule has 2 aromatic rings. The number of esters is 1. The minimum atomic E-state index is -0.154. The van der Waals surface area contributed by atoms with Gasteiger partial charge in [-0.3, -0.25) is 4.79 Å². The van der Waals surface area contributed by atoms with Crippen LogP contribution in [-0.4, -0.2) is 5.97 Å². The van der Waals surface area contributed by atoms with Gasteiger partial charge >= 0.3 is 5.97 Å². The van der Waals surface area contributed by atoms with Gasteiger partial charge in [0.05, 0.1) is 17.6 Å². The van der Waals surface area contributed by atoms with E-state index in [0.29, 0.717) is 11.3 Å². The van der Waals surface area contributed by atoms with Crippen LogP contribution in [0.15, 0.2) is 36.4 Å². The van der Waals surface area contributed by atoms with E-state index in [4.69, 9.17) is 10.00 Å². The van der Waals surface area contributed by atoms with Gasteiger partial charge in [0.1, 0.15) is 5.75 Å². The maximum absolute atomic E-state index is 12.7. The SMILES string of the molecule is CCCCCC1CCc2c(ccc3c2CCC(C(=O)Oc2ccc(C#N)cc2)C3)C1. The molecule has 0 saturated carbocycles. The molecule has 0 amide bonds. The van der Waals surface area contributed by atoms with Crippen molar-refractivity contribution in [2.75, 3.05) is 0 Å². The summed E-state index contributed by atoms with van der Waals surface area (Å²) in [7, 11) is 0. The first-order valence-electron chi connectivity index (χ1n) is 11.5. The Morgan fingerprint density at radius 2 is 1.70 bits per heavy atom. The van der Waals surface area contributed by atoms with E-state index in [9.17, 15) is 4.79 Å². The van der Waals surface area contributed by atoms with Crippen molar-refractivity contribution in [3.8, 4) is 11.8 Å². The van der Waals surface area contributed by atoms with Crippen LogP contribution in [0.3, 0.4) is 0 Å². The summed E-state index contributed by atoms with van der Waals surface area (Å²) in [5.41, 5.74) is 6.56. The number of unbranched alkanes of at least 4 members (excludes halogenated alkanes) is 2. The van der Waals surface area contributed by atoms with Gasteiger partial charge in [0.25, 0.3) is 0 Å². The summed E-state index contributed by atoms with van der Waals surface area (Å²) in [6.45, 7) is 2.27. The summed E-state index contributed by atoms with van der Waals surface area (Å²) in [6, 6.07) is 13.4. The number of fused-ring (bicyclic) bond motifs is 3. The van der Waals surface area contributed by atoms with Crippen LogP contribution in [0.25, 0.3) is 0 Å². The molecular weight excluding hydrogens is 370 g/mol. The number of carbonyl (C=O) groups excluding carboxylic acids is 1. The average Bonchev–Trinajstić information content (AvgIpc) is 2.79. The molecule has 0 aliphatic heterocycles. The minimum absolute atomic E-state index is 0.0865. The number of rotatable bonds is 6. The highest BCUT2D eigenvalue weighted by molar-refractivity contribution is 5.76. The van der Waals surface area contributed by atoms with Crippen LogP contribution in [0, 0.1) is 23.2 Å². The molecule has 3 heteroatoms. The molecule has 0 saturated heterocycles. The zero-order chi connectivity index (χ0) is 20.9. The number of nitriles is 1. The van der Waals surface area contributed by atoms with Crippen LogP contribution in [0.1, 0.15) is 73.3 Å². The van der Waals surface area contributed by atoms with Gasteiger partial charge in [-0.2, -0.15) is 5.26 Å². The lowest BCUT2D eigenvalue weighted by atomic mass is 9.74. The van der Waals surface area contributed by atoms with Crippen LogP contribution >= 0.6 is 0 Å². The van der Waals surface area contributed by atoms with E-state index in [1.165, 1.54) is 56.1 Å². The van der Waals surface area contributed by atoms with Gasteiger partial charge in [-0.1, -0.05) is 44.7 Å². The molecule has 0 radical (unpaired) electrons. The fourth-order valence-corrected chi connectivity index (χ4v) is 5.17. The van der Waals surface area contributed by atoms with E-state index in [0.717, 1.165) is 25.2 Å². The molecule has 4 rings (SSSR count). The lowest BCUT2D eigenvalue weighted by Crippen LogP contribution is -2.28. The van der Waals surface area contributed by atoms with Crippen molar-refractivity contribution in [1.29, 1.82) is 5.26 Å². The summed E-state index contributed by atoms with van der Waals surface area (Å²) in [5, 5.41) is 8.90. The molecule has 2 atom stereocenters. The van der Waals surface area contributed by atoms with Gasteiger partial charge in [0.2, 0.25) is 0 Å². The minimum Gasteiger partial charge on any atom is -0.426 e. The lowest BCUT2D eigenvalue weighted by molar-refractivity contribution is -0.139. The number of benzene rings is 2. The molecule has 0 bridgehead atoms. The van der Waals surface area contributed by atoms with Gasteiger partial charge in [0, 0.05) is 0 Å². The van der Waals surface area contributed by atoms with Crippen molar-refractivity contribution in [1.82, 2.24) is 0 Å². The Labute approximate surface area is 180 Å². The van der Waals surface area contributed by atoms with Crippen molar-refractivity contribution in [2.45, 2.75) is 71.1 Å². The van der Waals surface area contributed by atoms with Crippen molar-refractivity contribution in [3.63, 3.8) is 0 Å². The number of nitrogens with zero attached hydrogens (tertiary/aromatic N) is 1. The topological polar surface area (TPSA) is 50.1 Å². The highest BCUT2D eigenvalue weighted by Gasteiger charge is 2.30. The Balaban J connectivity index is 1.40. The predicted octanol–water partition coefficient (Wildman–Crippen LogP) is 5.95. The van der Waals surface area contributed by atoms with Gasteiger partial charge in [-0.25, -0.2) is 0 Å². The Morgan fingerprint density at radius 3 is 2.40 bits per heavy atom. The molecular formula is C27H31NO2. The molecule has 0 fully saturated rings. The fourth-order valence-electron chi connectivity index (χ4n) is 5.17. The monoisotopic (exact) mass is 401 g/mol. The van der Waals surface area contributed by atoms with Gasteiger partial charge in [-0.15, -0.1) is 0 Å². The summed E-state index contributed by atoms with van der Waals surface area (Å²) in [4.78, 5) is 12.7. The molecule has 156 valence electrons. The molecule has 0 heterocycles. The van der Waals surface area contributed by atoms with Gasteiger partial charge in [-0.05, 0) is 91.0 Å². The van der Waals surface area contributed by atoms with E-state index >= 15 is 0 Å². The van der Waals surface area contributed by atoms with E-state index in [-0.39, 0.29) is 11.9 Å². The normalized spacial score (nSPS) is 20.0. The maximum Gasteiger partial charge on any atom is 0.314 e. The Morgan fingerprint density at radius 1 is 1.00 bits per heavy atom. The molecule has 2 aromatic carbocycles. The van der Waals surface area contributed by atoms with E-state index in [1.54, 1.807) is 35.4 Å². The van der Waals surface area contributed by atoms with Crippen LogP contribution in [-0.2, 0) is 30.5 Å². The molecule has 0 aromatic heterocycles. The van der Waals surface area contributed by atoms with Crippen LogP contribution in [0.4, 0.5) is 0 Å². The third-order valence-electron chi connectivity index (χ3n) is 6.90. The highest BCUT2D eigenvalue weighted by Crippen LogP contribution is 2.36. The summed E-state index contributed by atoms with van der Waals surface area (Å²) in [6.07, 6.45) is 11.8. The Bertz CT molecular complexity index is 939. The third kappa shape index (κ3) is 4.59. The van der Waals surface area contributed by atoms with E-state index < -0.39 is 0 Å². The number of hydrogen-bond acceptors (Lipinski definition) is 3. The van der Waals surface area contributed by atoms with Gasteiger partial charge in [0.15, 0.2) is 0 Å². The smallest absolute Gasteiger partial charge is 0.314 e. The van der Waals surface area contributed by atoms with E-state index in [1.807, 2.05) is 0 Å². The molecule has 2 unspecified atom stereocenters. The summed E-state index contributed by atoms with van der Waals surface area (Å²) >= 11 is 0. The standard InChI is InChI=1S/C27H31NO2/c1-2-3-4-5-19-8-14-25-21(16-19)9-10-22-17-23(11-15-26(22)25)27(29)30-24-12-6-20(18-28)7-13-24/h6-7,9-10,12-13,19,23H,2-5,8,11,14-17H2,1H3. The first-order valence-corrected chi connectivity index (χ1v) is 11.5. The first kappa shape index (κ1) is 20.7. The molecule has 3 nitrogen and oxygen atoms in total. The number of hydrogen-bond donors (Lipinski definition) is 0. The van der Waals surface area contributed by atoms with Crippen molar-refractivity contribution in [3.05, 3.63) is 64.2 Å². The second-order valence-electron chi connectivity index (χ2n) is 8.94. The van der Waals surface area contributed by atoms with Gasteiger partial charge < -0.3 is 4.74 Å². The number of ether oxygens (including phenoxy) is 1. The quantitative estimate of drug-likeness (QED) is 0.341. The van der Waals surface area contributed by atoms with E-state index in [2.05, 4.69) is 25.1 Å². The van der Waals surface area contributed by atoms with Crippen LogP contribution < -0.4 is 4.74 Å². The average molecular weight is 402 g/mol. The maximum atomic E-state index is 12.7. The molecule has 2 aliphatic rings. The summed E-state index contributed by atoms with van der Waals surface area (Å²) < 4.78 is 5.59.